The standard InChI is InChI=1S/C30H37N7O5/c1-19-23-18-31-27(33-24-11-10-21(17-25(24)40-6)36-14-12-35(5)13-15-36)34-26(23)37(29(39)41-19)22-9-7-8-20(16-22)32-28(38)42-30(2,3)4/h7-11,16-19H,12-15H2,1-6H3,(H,32,38)(H,31,33,34). The number of likely N-dealkylation sites (N-methyl/N-ethyl adjacent to an activating group) is 1. The van der Waals surface area contributed by atoms with Crippen molar-refractivity contribution in [2.45, 2.75) is 39.4 Å². The van der Waals surface area contributed by atoms with Crippen LogP contribution >= 0.6 is 0 Å². The van der Waals surface area contributed by atoms with Crippen LogP contribution in [0.5, 0.6) is 5.75 Å². The topological polar surface area (TPSA) is 121 Å². The van der Waals surface area contributed by atoms with Crippen molar-refractivity contribution in [3.63, 3.8) is 0 Å². The molecule has 1 atom stereocenters. The minimum absolute atomic E-state index is 0.286. The molecule has 42 heavy (non-hydrogen) atoms. The van der Waals surface area contributed by atoms with Crippen molar-refractivity contribution in [1.82, 2.24) is 14.9 Å². The molecular weight excluding hydrogens is 538 g/mol. The number of cyclic esters (lactones) is 1. The van der Waals surface area contributed by atoms with Gasteiger partial charge in [-0.05, 0) is 65.1 Å². The molecule has 0 bridgehead atoms. The van der Waals surface area contributed by atoms with Crippen molar-refractivity contribution >= 4 is 46.7 Å². The molecule has 2 aliphatic rings. The number of benzene rings is 2. The Morgan fingerprint density at radius 1 is 1.07 bits per heavy atom. The van der Waals surface area contributed by atoms with Gasteiger partial charge in [0.25, 0.3) is 0 Å². The average molecular weight is 576 g/mol. The van der Waals surface area contributed by atoms with Crippen LogP contribution in [-0.4, -0.2) is 73.0 Å². The number of carbonyl (C=O) groups is 2. The maximum atomic E-state index is 13.2. The molecule has 1 aromatic heterocycles. The first kappa shape index (κ1) is 28.9. The highest BCUT2D eigenvalue weighted by Gasteiger charge is 2.34. The highest BCUT2D eigenvalue weighted by Crippen LogP contribution is 2.39. The largest absolute Gasteiger partial charge is 0.494 e. The predicted molar refractivity (Wildman–Crippen MR) is 161 cm³/mol. The number of fused-ring (bicyclic) bond motifs is 1. The molecule has 2 aliphatic heterocycles. The Kier molecular flexibility index (Phi) is 8.08. The molecular formula is C30H37N7O5. The molecule has 0 aliphatic carbocycles. The molecule has 12 heteroatoms. The van der Waals surface area contributed by atoms with Crippen LogP contribution in [0.1, 0.15) is 39.4 Å². The lowest BCUT2D eigenvalue weighted by atomic mass is 10.1. The number of hydrogen-bond donors (Lipinski definition) is 2. The minimum Gasteiger partial charge on any atom is -0.494 e. The first-order chi connectivity index (χ1) is 20.0. The van der Waals surface area contributed by atoms with Crippen LogP contribution in [0.2, 0.25) is 0 Å². The van der Waals surface area contributed by atoms with Gasteiger partial charge in [-0.1, -0.05) is 6.07 Å². The summed E-state index contributed by atoms with van der Waals surface area (Å²) in [5.41, 5.74) is 2.67. The van der Waals surface area contributed by atoms with Crippen LogP contribution in [0.15, 0.2) is 48.7 Å². The first-order valence-corrected chi connectivity index (χ1v) is 13.9. The van der Waals surface area contributed by atoms with Gasteiger partial charge in [-0.15, -0.1) is 0 Å². The number of nitrogens with zero attached hydrogens (tertiary/aromatic N) is 5. The molecule has 3 heterocycles. The van der Waals surface area contributed by atoms with Gasteiger partial charge in [0.15, 0.2) is 5.82 Å². The Morgan fingerprint density at radius 2 is 1.83 bits per heavy atom. The second-order valence-electron chi connectivity index (χ2n) is 11.3. The quantitative estimate of drug-likeness (QED) is 0.380. The van der Waals surface area contributed by atoms with Gasteiger partial charge >= 0.3 is 12.2 Å². The third-order valence-electron chi connectivity index (χ3n) is 6.96. The Balaban J connectivity index is 1.41. The van der Waals surface area contributed by atoms with Crippen LogP contribution in [0.25, 0.3) is 0 Å². The number of piperazine rings is 1. The fraction of sp³-hybridized carbons (Fsp3) is 0.400. The van der Waals surface area contributed by atoms with Crippen LogP contribution in [0.4, 0.5) is 44.1 Å². The summed E-state index contributed by atoms with van der Waals surface area (Å²) in [6.45, 7) is 11.0. The molecule has 1 saturated heterocycles. The Morgan fingerprint density at radius 3 is 2.55 bits per heavy atom. The summed E-state index contributed by atoms with van der Waals surface area (Å²) < 4.78 is 16.6. The van der Waals surface area contributed by atoms with Crippen molar-refractivity contribution in [2.75, 3.05) is 60.8 Å². The number of aromatic nitrogens is 2. The van der Waals surface area contributed by atoms with E-state index < -0.39 is 23.9 Å². The average Bonchev–Trinajstić information content (AvgIpc) is 2.93. The highest BCUT2D eigenvalue weighted by molar-refractivity contribution is 5.98. The highest BCUT2D eigenvalue weighted by atomic mass is 16.6. The van der Waals surface area contributed by atoms with Crippen LogP contribution < -0.4 is 25.2 Å². The number of nitrogens with one attached hydrogen (secondary N) is 2. The molecule has 0 saturated carbocycles. The zero-order chi connectivity index (χ0) is 30.0. The van der Waals surface area contributed by atoms with E-state index in [2.05, 4.69) is 32.5 Å². The molecule has 2 N–H and O–H groups in total. The molecule has 222 valence electrons. The molecule has 3 aromatic rings. The number of anilines is 6. The van der Waals surface area contributed by atoms with E-state index in [0.29, 0.717) is 34.2 Å². The zero-order valence-corrected chi connectivity index (χ0v) is 24.8. The van der Waals surface area contributed by atoms with Gasteiger partial charge in [0.2, 0.25) is 5.95 Å². The van der Waals surface area contributed by atoms with E-state index in [1.165, 1.54) is 4.90 Å². The molecule has 1 fully saturated rings. The third-order valence-corrected chi connectivity index (χ3v) is 6.96. The van der Waals surface area contributed by atoms with Gasteiger partial charge in [0.1, 0.15) is 17.5 Å². The van der Waals surface area contributed by atoms with Gasteiger partial charge < -0.3 is 29.3 Å². The second-order valence-corrected chi connectivity index (χ2v) is 11.3. The van der Waals surface area contributed by atoms with Gasteiger partial charge in [-0.3, -0.25) is 5.32 Å². The first-order valence-electron chi connectivity index (χ1n) is 13.9. The van der Waals surface area contributed by atoms with E-state index >= 15 is 0 Å². The summed E-state index contributed by atoms with van der Waals surface area (Å²) in [6, 6.07) is 12.8. The predicted octanol–water partition coefficient (Wildman–Crippen LogP) is 5.68. The summed E-state index contributed by atoms with van der Waals surface area (Å²) >= 11 is 0. The van der Waals surface area contributed by atoms with Gasteiger partial charge in [-0.25, -0.2) is 19.5 Å². The zero-order valence-electron chi connectivity index (χ0n) is 24.8. The lowest BCUT2D eigenvalue weighted by molar-refractivity contribution is 0.0636. The Labute approximate surface area is 245 Å². The molecule has 0 spiro atoms. The van der Waals surface area contributed by atoms with Crippen LogP contribution in [0.3, 0.4) is 0 Å². The summed E-state index contributed by atoms with van der Waals surface area (Å²) in [5, 5.41) is 5.95. The Bertz CT molecular complexity index is 1470. The van der Waals surface area contributed by atoms with Crippen molar-refractivity contribution in [1.29, 1.82) is 0 Å². The lowest BCUT2D eigenvalue weighted by Gasteiger charge is -2.34. The van der Waals surface area contributed by atoms with Crippen molar-refractivity contribution in [2.24, 2.45) is 0 Å². The molecule has 1 unspecified atom stereocenters. The van der Waals surface area contributed by atoms with E-state index in [1.807, 2.05) is 18.2 Å². The van der Waals surface area contributed by atoms with E-state index in [1.54, 1.807) is 65.3 Å². The van der Waals surface area contributed by atoms with E-state index in [9.17, 15) is 9.59 Å². The van der Waals surface area contributed by atoms with Gasteiger partial charge in [-0.2, -0.15) is 4.98 Å². The van der Waals surface area contributed by atoms with Crippen LogP contribution in [-0.2, 0) is 9.47 Å². The monoisotopic (exact) mass is 575 g/mol. The number of rotatable bonds is 6. The molecule has 2 amide bonds. The fourth-order valence-corrected chi connectivity index (χ4v) is 4.80. The number of amides is 2. The van der Waals surface area contributed by atoms with Gasteiger partial charge in [0, 0.05) is 49.8 Å². The normalized spacial score (nSPS) is 17.3. The summed E-state index contributed by atoms with van der Waals surface area (Å²) in [5.74, 6) is 1.31. The Hall–Kier alpha value is -4.58. The maximum absolute atomic E-state index is 13.2. The number of carbonyl (C=O) groups excluding carboxylic acids is 2. The number of ether oxygens (including phenoxy) is 3. The van der Waals surface area contributed by atoms with Crippen LogP contribution in [0, 0.1) is 0 Å². The van der Waals surface area contributed by atoms with Gasteiger partial charge in [0.05, 0.1) is 24.0 Å². The number of methoxy groups -OCH3 is 1. The van der Waals surface area contributed by atoms with E-state index in [0.717, 1.165) is 31.9 Å². The van der Waals surface area contributed by atoms with Crippen molar-refractivity contribution < 1.29 is 23.8 Å². The maximum Gasteiger partial charge on any atom is 0.420 e. The SMILES string of the molecule is COc1cc(N2CCN(C)CC2)ccc1Nc1ncc2c(n1)N(c1cccc(NC(=O)OC(C)(C)C)c1)C(=O)OC2C. The van der Waals surface area contributed by atoms with E-state index in [-0.39, 0.29) is 5.95 Å². The summed E-state index contributed by atoms with van der Waals surface area (Å²) in [7, 11) is 3.75. The van der Waals surface area contributed by atoms with Crippen molar-refractivity contribution in [3.05, 3.63) is 54.2 Å². The molecule has 5 rings (SSSR count). The fourth-order valence-electron chi connectivity index (χ4n) is 4.80. The third kappa shape index (κ3) is 6.49. The van der Waals surface area contributed by atoms with Crippen molar-refractivity contribution in [3.8, 4) is 5.75 Å². The summed E-state index contributed by atoms with van der Waals surface area (Å²) in [4.78, 5) is 40.7. The molecule has 2 aromatic carbocycles. The van der Waals surface area contributed by atoms with E-state index in [4.69, 9.17) is 19.2 Å². The summed E-state index contributed by atoms with van der Waals surface area (Å²) in [6.07, 6.45) is -0.0967. The molecule has 12 nitrogen and oxygen atoms in total. The molecule has 0 radical (unpaired) electrons. The minimum atomic E-state index is -0.651. The lowest BCUT2D eigenvalue weighted by Crippen LogP contribution is -2.44. The number of hydrogen-bond acceptors (Lipinski definition) is 10. The second kappa shape index (κ2) is 11.7. The smallest absolute Gasteiger partial charge is 0.420 e.